The van der Waals surface area contributed by atoms with Crippen molar-refractivity contribution in [1.29, 1.82) is 0 Å². The van der Waals surface area contributed by atoms with Gasteiger partial charge in [-0.2, -0.15) is 0 Å². The number of hydrogen-bond donors (Lipinski definition) is 0. The first-order valence-electron chi connectivity index (χ1n) is 7.30. The molecule has 1 aromatic carbocycles. The number of rotatable bonds is 4. The Kier molecular flexibility index (Phi) is 4.83. The summed E-state index contributed by atoms with van der Waals surface area (Å²) in [6.45, 7) is 5.66. The SMILES string of the molecule is CCOc1ccc(C(=O)N2CCCCC2CC)cc1. The summed E-state index contributed by atoms with van der Waals surface area (Å²) in [5.41, 5.74) is 0.767. The van der Waals surface area contributed by atoms with Crippen LogP contribution in [0, 0.1) is 0 Å². The highest BCUT2D eigenvalue weighted by Crippen LogP contribution is 2.22. The second-order valence-corrected chi connectivity index (χ2v) is 5.01. The molecule has 0 aromatic heterocycles. The Labute approximate surface area is 115 Å². The Morgan fingerprint density at radius 3 is 2.63 bits per heavy atom. The molecule has 2 rings (SSSR count). The van der Waals surface area contributed by atoms with E-state index in [1.165, 1.54) is 6.42 Å². The van der Waals surface area contributed by atoms with Crippen molar-refractivity contribution in [2.75, 3.05) is 13.2 Å². The number of ether oxygens (including phenoxy) is 1. The van der Waals surface area contributed by atoms with Gasteiger partial charge < -0.3 is 9.64 Å². The number of benzene rings is 1. The number of amides is 1. The molecule has 0 N–H and O–H groups in total. The Bertz CT molecular complexity index is 413. The van der Waals surface area contributed by atoms with E-state index in [0.717, 1.165) is 37.1 Å². The number of hydrogen-bond acceptors (Lipinski definition) is 2. The lowest BCUT2D eigenvalue weighted by molar-refractivity contribution is 0.0608. The minimum atomic E-state index is 0.162. The van der Waals surface area contributed by atoms with Crippen molar-refractivity contribution >= 4 is 5.91 Å². The molecule has 0 radical (unpaired) electrons. The fourth-order valence-corrected chi connectivity index (χ4v) is 2.72. The quantitative estimate of drug-likeness (QED) is 0.830. The van der Waals surface area contributed by atoms with Gasteiger partial charge in [0.25, 0.3) is 5.91 Å². The van der Waals surface area contributed by atoms with Gasteiger partial charge in [-0.3, -0.25) is 4.79 Å². The van der Waals surface area contributed by atoms with Crippen LogP contribution in [-0.4, -0.2) is 30.0 Å². The molecule has 0 bridgehead atoms. The van der Waals surface area contributed by atoms with Crippen molar-refractivity contribution in [2.24, 2.45) is 0 Å². The number of piperidine rings is 1. The van der Waals surface area contributed by atoms with Crippen LogP contribution < -0.4 is 4.74 Å². The number of nitrogens with zero attached hydrogens (tertiary/aromatic N) is 1. The first kappa shape index (κ1) is 13.9. The smallest absolute Gasteiger partial charge is 0.254 e. The molecule has 1 heterocycles. The highest BCUT2D eigenvalue weighted by atomic mass is 16.5. The minimum Gasteiger partial charge on any atom is -0.494 e. The van der Waals surface area contributed by atoms with E-state index in [1.807, 2.05) is 36.1 Å². The molecule has 1 aliphatic heterocycles. The third kappa shape index (κ3) is 3.28. The van der Waals surface area contributed by atoms with Gasteiger partial charge in [0.05, 0.1) is 6.61 Å². The van der Waals surface area contributed by atoms with Crippen LogP contribution in [0.15, 0.2) is 24.3 Å². The monoisotopic (exact) mass is 261 g/mol. The number of likely N-dealkylation sites (tertiary alicyclic amines) is 1. The van der Waals surface area contributed by atoms with Gasteiger partial charge >= 0.3 is 0 Å². The van der Waals surface area contributed by atoms with Crippen LogP contribution in [0.3, 0.4) is 0 Å². The fourth-order valence-electron chi connectivity index (χ4n) is 2.72. The molecule has 1 amide bonds. The second kappa shape index (κ2) is 6.60. The Morgan fingerprint density at radius 1 is 1.26 bits per heavy atom. The predicted molar refractivity (Wildman–Crippen MR) is 76.6 cm³/mol. The van der Waals surface area contributed by atoms with Crippen molar-refractivity contribution in [3.63, 3.8) is 0 Å². The molecule has 0 saturated carbocycles. The van der Waals surface area contributed by atoms with Crippen LogP contribution in [0.25, 0.3) is 0 Å². The van der Waals surface area contributed by atoms with Crippen LogP contribution in [0.5, 0.6) is 5.75 Å². The van der Waals surface area contributed by atoms with Gasteiger partial charge in [-0.05, 0) is 56.9 Å². The highest BCUT2D eigenvalue weighted by molar-refractivity contribution is 5.94. The lowest BCUT2D eigenvalue weighted by atomic mass is 9.99. The maximum Gasteiger partial charge on any atom is 0.254 e. The zero-order valence-corrected chi connectivity index (χ0v) is 11.9. The molecular formula is C16H23NO2. The zero-order chi connectivity index (χ0) is 13.7. The van der Waals surface area contributed by atoms with Crippen LogP contribution in [-0.2, 0) is 0 Å². The van der Waals surface area contributed by atoms with E-state index in [1.54, 1.807) is 0 Å². The van der Waals surface area contributed by atoms with Crippen molar-refractivity contribution in [2.45, 2.75) is 45.6 Å². The minimum absolute atomic E-state index is 0.162. The van der Waals surface area contributed by atoms with Crippen molar-refractivity contribution in [3.8, 4) is 5.75 Å². The van der Waals surface area contributed by atoms with Crippen molar-refractivity contribution < 1.29 is 9.53 Å². The van der Waals surface area contributed by atoms with E-state index < -0.39 is 0 Å². The van der Waals surface area contributed by atoms with E-state index in [2.05, 4.69) is 6.92 Å². The van der Waals surface area contributed by atoms with Gasteiger partial charge in [0.1, 0.15) is 5.75 Å². The first-order valence-corrected chi connectivity index (χ1v) is 7.30. The molecule has 104 valence electrons. The van der Waals surface area contributed by atoms with Gasteiger partial charge in [0, 0.05) is 18.2 Å². The van der Waals surface area contributed by atoms with E-state index in [4.69, 9.17) is 4.74 Å². The molecular weight excluding hydrogens is 238 g/mol. The second-order valence-electron chi connectivity index (χ2n) is 5.01. The van der Waals surface area contributed by atoms with Gasteiger partial charge in [0.2, 0.25) is 0 Å². The molecule has 3 heteroatoms. The third-order valence-corrected chi connectivity index (χ3v) is 3.77. The zero-order valence-electron chi connectivity index (χ0n) is 11.9. The summed E-state index contributed by atoms with van der Waals surface area (Å²) < 4.78 is 5.40. The Morgan fingerprint density at radius 2 is 2.00 bits per heavy atom. The van der Waals surface area contributed by atoms with E-state index in [-0.39, 0.29) is 5.91 Å². The van der Waals surface area contributed by atoms with E-state index >= 15 is 0 Å². The lowest BCUT2D eigenvalue weighted by Crippen LogP contribution is -2.43. The molecule has 19 heavy (non-hydrogen) atoms. The van der Waals surface area contributed by atoms with Crippen LogP contribution in [0.1, 0.15) is 49.9 Å². The summed E-state index contributed by atoms with van der Waals surface area (Å²) >= 11 is 0. The molecule has 1 aromatic rings. The van der Waals surface area contributed by atoms with E-state index in [9.17, 15) is 4.79 Å². The summed E-state index contributed by atoms with van der Waals surface area (Å²) in [6, 6.07) is 7.90. The third-order valence-electron chi connectivity index (χ3n) is 3.77. The molecule has 1 saturated heterocycles. The topological polar surface area (TPSA) is 29.5 Å². The fraction of sp³-hybridized carbons (Fsp3) is 0.562. The van der Waals surface area contributed by atoms with Crippen molar-refractivity contribution in [3.05, 3.63) is 29.8 Å². The Hall–Kier alpha value is -1.51. The van der Waals surface area contributed by atoms with Gasteiger partial charge in [0.15, 0.2) is 0 Å². The summed E-state index contributed by atoms with van der Waals surface area (Å²) in [7, 11) is 0. The molecule has 0 aliphatic carbocycles. The molecule has 3 nitrogen and oxygen atoms in total. The standard InChI is InChI=1S/C16H23NO2/c1-3-14-7-5-6-12-17(14)16(18)13-8-10-15(11-9-13)19-4-2/h8-11,14H,3-7,12H2,1-2H3. The van der Waals surface area contributed by atoms with Gasteiger partial charge in [-0.25, -0.2) is 0 Å². The largest absolute Gasteiger partial charge is 0.494 e. The lowest BCUT2D eigenvalue weighted by Gasteiger charge is -2.35. The van der Waals surface area contributed by atoms with Gasteiger partial charge in [-0.15, -0.1) is 0 Å². The number of carbonyl (C=O) groups excluding carboxylic acids is 1. The summed E-state index contributed by atoms with van der Waals surface area (Å²) in [4.78, 5) is 14.6. The molecule has 1 unspecified atom stereocenters. The maximum absolute atomic E-state index is 12.5. The molecule has 1 fully saturated rings. The summed E-state index contributed by atoms with van der Waals surface area (Å²) in [5.74, 6) is 0.985. The predicted octanol–water partition coefficient (Wildman–Crippen LogP) is 3.49. The maximum atomic E-state index is 12.5. The van der Waals surface area contributed by atoms with Crippen LogP contribution >= 0.6 is 0 Å². The van der Waals surface area contributed by atoms with Crippen LogP contribution in [0.4, 0.5) is 0 Å². The molecule has 1 atom stereocenters. The number of carbonyl (C=O) groups is 1. The molecule has 1 aliphatic rings. The summed E-state index contributed by atoms with van der Waals surface area (Å²) in [6.07, 6.45) is 4.55. The first-order chi connectivity index (χ1) is 9.26. The highest BCUT2D eigenvalue weighted by Gasteiger charge is 2.25. The van der Waals surface area contributed by atoms with Crippen molar-refractivity contribution in [1.82, 2.24) is 4.90 Å². The normalized spacial score (nSPS) is 19.3. The average molecular weight is 261 g/mol. The molecule has 0 spiro atoms. The van der Waals surface area contributed by atoms with Crippen LogP contribution in [0.2, 0.25) is 0 Å². The van der Waals surface area contributed by atoms with Gasteiger partial charge in [-0.1, -0.05) is 6.92 Å². The van der Waals surface area contributed by atoms with E-state index in [0.29, 0.717) is 12.6 Å². The average Bonchev–Trinajstić information content (AvgIpc) is 2.47. The summed E-state index contributed by atoms with van der Waals surface area (Å²) in [5, 5.41) is 0. The Balaban J connectivity index is 2.09.